The van der Waals surface area contributed by atoms with E-state index < -0.39 is 11.9 Å². The maximum Gasteiger partial charge on any atom is 1.00 e. The molecule has 2 aliphatic heterocycles. The Morgan fingerprint density at radius 1 is 0.812 bits per heavy atom. The summed E-state index contributed by atoms with van der Waals surface area (Å²) in [4.78, 5) is 53.2. The van der Waals surface area contributed by atoms with Crippen molar-refractivity contribution in [1.29, 1.82) is 0 Å². The number of amides is 3. The van der Waals surface area contributed by atoms with Gasteiger partial charge in [-0.1, -0.05) is 35.0 Å². The molecule has 0 radical (unpaired) electrons. The van der Waals surface area contributed by atoms with Crippen LogP contribution < -0.4 is 61.9 Å². The van der Waals surface area contributed by atoms with E-state index in [2.05, 4.69) is 10.5 Å². The van der Waals surface area contributed by atoms with E-state index in [1.807, 2.05) is 0 Å². The van der Waals surface area contributed by atoms with Gasteiger partial charge in [0.1, 0.15) is 4.88 Å². The number of carboxylic acids is 1. The van der Waals surface area contributed by atoms with Crippen LogP contribution in [0.15, 0.2) is 52.9 Å². The second-order valence-electron chi connectivity index (χ2n) is 10.7. The zero-order chi connectivity index (χ0) is 33.7. The first-order valence-corrected chi connectivity index (χ1v) is 17.9. The number of halogens is 2. The van der Waals surface area contributed by atoms with Crippen LogP contribution in [0.4, 0.5) is 0 Å². The minimum Gasteiger partial charge on any atom is -0.871 e. The van der Waals surface area contributed by atoms with Gasteiger partial charge in [-0.2, -0.15) is 5.10 Å². The Bertz CT molecular complexity index is 1840. The minimum absolute atomic E-state index is 0. The third-order valence-electron chi connectivity index (χ3n) is 7.50. The molecule has 0 spiro atoms. The van der Waals surface area contributed by atoms with Gasteiger partial charge in [-0.05, 0) is 79.9 Å². The van der Waals surface area contributed by atoms with Crippen LogP contribution >= 0.6 is 57.2 Å². The summed E-state index contributed by atoms with van der Waals surface area (Å²) in [6.45, 7) is 4.74. The number of likely N-dealkylation sites (tertiary alicyclic amines) is 2. The number of thiophene rings is 3. The van der Waals surface area contributed by atoms with Crippen molar-refractivity contribution in [3.8, 4) is 16.2 Å². The number of rotatable bonds is 7. The number of benzene rings is 1. The summed E-state index contributed by atoms with van der Waals surface area (Å²) in [6.07, 6.45) is 4.11. The molecule has 16 heteroatoms. The Labute approximate surface area is 341 Å². The van der Waals surface area contributed by atoms with Crippen molar-refractivity contribution in [3.05, 3.63) is 83.0 Å². The van der Waals surface area contributed by atoms with E-state index in [0.29, 0.717) is 46.4 Å². The normalized spacial score (nSPS) is 14.3. The Kier molecular flexibility index (Phi) is 14.3. The maximum absolute atomic E-state index is 12.8. The van der Waals surface area contributed by atoms with Crippen LogP contribution in [0.5, 0.6) is 5.75 Å². The molecule has 3 amide bonds. The Balaban J connectivity index is 0.000000273. The van der Waals surface area contributed by atoms with Crippen LogP contribution in [0, 0.1) is 0 Å². The van der Waals surface area contributed by atoms with Crippen molar-refractivity contribution in [1.82, 2.24) is 15.2 Å². The van der Waals surface area contributed by atoms with Crippen LogP contribution in [-0.2, 0) is 0 Å². The van der Waals surface area contributed by atoms with Crippen LogP contribution in [0.3, 0.4) is 0 Å². The molecule has 2 fully saturated rings. The number of nitrogens with zero attached hydrogens (tertiary/aromatic N) is 3. The second-order valence-corrected chi connectivity index (χ2v) is 14.6. The van der Waals surface area contributed by atoms with Gasteiger partial charge in [-0.25, -0.2) is 10.2 Å². The van der Waals surface area contributed by atoms with Crippen molar-refractivity contribution >= 4 is 86.6 Å². The Morgan fingerprint density at radius 2 is 1.33 bits per heavy atom. The van der Waals surface area contributed by atoms with Gasteiger partial charge in [0, 0.05) is 36.6 Å². The van der Waals surface area contributed by atoms with Crippen LogP contribution in [0.1, 0.15) is 76.9 Å². The summed E-state index contributed by atoms with van der Waals surface area (Å²) in [5, 5.41) is 28.1. The predicted molar refractivity (Wildman–Crippen MR) is 185 cm³/mol. The molecule has 0 saturated carbocycles. The van der Waals surface area contributed by atoms with Crippen molar-refractivity contribution in [2.24, 2.45) is 5.10 Å². The summed E-state index contributed by atoms with van der Waals surface area (Å²) < 4.78 is 0. The van der Waals surface area contributed by atoms with E-state index in [4.69, 9.17) is 28.3 Å². The standard InChI is InChI=1S/C22H19Cl2N3O3S2.C10H11NO3S.K/c1-12(14-11-31-20(19(14)28)13-4-5-15(23)16(24)10-13)25-26-21(29)17-6-7-18(32-17)22(30)27-8-2-3-9-27;12-9(11-5-1-2-6-11)7-3-4-8(15-7)10(13)14;/h4-7,10-11,28H,2-3,8-9H2,1H3,(H,26,29);3-4H,1-2,5-6H2,(H,13,14);/q;;+1/p-1. The van der Waals surface area contributed by atoms with E-state index >= 15 is 0 Å². The van der Waals surface area contributed by atoms with Gasteiger partial charge in [0.05, 0.1) is 30.4 Å². The second kappa shape index (κ2) is 17.7. The number of nitrogens with one attached hydrogen (secondary N) is 1. The molecule has 3 aromatic heterocycles. The summed E-state index contributed by atoms with van der Waals surface area (Å²) in [5.41, 5.74) is 3.93. The zero-order valence-electron chi connectivity index (χ0n) is 26.1. The SMILES string of the molecule is CC(=NNC(=O)c1ccc(C(=O)N2CCCC2)s1)c1csc(-c2ccc(Cl)c(Cl)c2)c1[O-].O=C(O)c1ccc(C(=O)N2CCCC2)s1.[K+]. The monoisotopic (exact) mass is 770 g/mol. The Hall–Kier alpha value is -2.11. The molecule has 4 aromatic rings. The number of carbonyl (C=O) groups is 4. The molecular weight excluding hydrogens is 743 g/mol. The molecular formula is C32H29Cl2KN4O6S3. The maximum atomic E-state index is 12.8. The fraction of sp³-hybridized carbons (Fsp3) is 0.281. The number of hydrogen-bond acceptors (Lipinski definition) is 9. The van der Waals surface area contributed by atoms with Gasteiger partial charge in [-0.15, -0.1) is 34.0 Å². The molecule has 10 nitrogen and oxygen atoms in total. The molecule has 1 aromatic carbocycles. The van der Waals surface area contributed by atoms with E-state index in [-0.39, 0.29) is 73.8 Å². The smallest absolute Gasteiger partial charge is 0.871 e. The largest absolute Gasteiger partial charge is 1.00 e. The number of carboxylic acid groups (broad SMARTS) is 1. The third-order valence-corrected chi connectivity index (χ3v) is 11.4. The average Bonchev–Trinajstić information content (AvgIpc) is 3.91. The van der Waals surface area contributed by atoms with Gasteiger partial charge >= 0.3 is 57.4 Å². The molecule has 0 atom stereocenters. The summed E-state index contributed by atoms with van der Waals surface area (Å²) in [7, 11) is 0. The van der Waals surface area contributed by atoms with Crippen LogP contribution in [0.25, 0.3) is 10.4 Å². The van der Waals surface area contributed by atoms with E-state index in [1.165, 1.54) is 17.4 Å². The minimum atomic E-state index is -0.972. The molecule has 48 heavy (non-hydrogen) atoms. The van der Waals surface area contributed by atoms with Crippen molar-refractivity contribution in [2.75, 3.05) is 26.2 Å². The van der Waals surface area contributed by atoms with Gasteiger partial charge < -0.3 is 20.0 Å². The average molecular weight is 772 g/mol. The van der Waals surface area contributed by atoms with Crippen molar-refractivity contribution in [2.45, 2.75) is 32.6 Å². The molecule has 6 rings (SSSR count). The first kappa shape index (κ1) is 38.7. The first-order valence-electron chi connectivity index (χ1n) is 14.6. The first-order chi connectivity index (χ1) is 22.5. The summed E-state index contributed by atoms with van der Waals surface area (Å²) in [6, 6.07) is 11.4. The van der Waals surface area contributed by atoms with Gasteiger partial charge in [-0.3, -0.25) is 14.4 Å². The molecule has 2 N–H and O–H groups in total. The van der Waals surface area contributed by atoms with Crippen molar-refractivity contribution in [3.63, 3.8) is 0 Å². The predicted octanol–water partition coefficient (Wildman–Crippen LogP) is 3.93. The summed E-state index contributed by atoms with van der Waals surface area (Å²) in [5.74, 6) is -1.68. The quantitative estimate of drug-likeness (QED) is 0.166. The number of hydrazone groups is 1. The number of hydrogen-bond donors (Lipinski definition) is 2. The third kappa shape index (κ3) is 9.36. The Morgan fingerprint density at radius 3 is 1.85 bits per heavy atom. The molecule has 0 aliphatic carbocycles. The number of carbonyl (C=O) groups excluding carboxylic acids is 3. The van der Waals surface area contributed by atoms with E-state index in [0.717, 1.165) is 74.5 Å². The topological polar surface area (TPSA) is 142 Å². The number of aromatic carboxylic acids is 1. The fourth-order valence-corrected chi connectivity index (χ4v) is 7.95. The van der Waals surface area contributed by atoms with E-state index in [1.54, 1.807) is 58.5 Å². The van der Waals surface area contributed by atoms with Crippen LogP contribution in [-0.4, -0.2) is 70.5 Å². The van der Waals surface area contributed by atoms with Gasteiger partial charge in [0.2, 0.25) is 0 Å². The van der Waals surface area contributed by atoms with Crippen molar-refractivity contribution < 1.29 is 80.8 Å². The molecule has 246 valence electrons. The van der Waals surface area contributed by atoms with Gasteiger partial charge in [0.15, 0.2) is 0 Å². The van der Waals surface area contributed by atoms with Gasteiger partial charge in [0.25, 0.3) is 17.7 Å². The summed E-state index contributed by atoms with van der Waals surface area (Å²) >= 11 is 15.5. The zero-order valence-corrected chi connectivity index (χ0v) is 33.2. The molecule has 5 heterocycles. The van der Waals surface area contributed by atoms with Crippen LogP contribution in [0.2, 0.25) is 10.0 Å². The molecule has 0 unspecified atom stereocenters. The molecule has 0 bridgehead atoms. The molecule has 2 saturated heterocycles. The van der Waals surface area contributed by atoms with E-state index in [9.17, 15) is 24.3 Å². The fourth-order valence-electron chi connectivity index (χ4n) is 4.98. The molecule has 2 aliphatic rings.